The molecule has 3 rings (SSSR count). The molecule has 0 aliphatic rings. The van der Waals surface area contributed by atoms with Crippen LogP contribution in [0.3, 0.4) is 0 Å². The average molecular weight is 396 g/mol. The van der Waals surface area contributed by atoms with Crippen molar-refractivity contribution in [1.29, 1.82) is 0 Å². The fourth-order valence-corrected chi connectivity index (χ4v) is 3.58. The zero-order valence-electron chi connectivity index (χ0n) is 16.4. The summed E-state index contributed by atoms with van der Waals surface area (Å²) < 4.78 is 2.06. The molecule has 2 aromatic heterocycles. The summed E-state index contributed by atoms with van der Waals surface area (Å²) in [5.41, 5.74) is 3.03. The van der Waals surface area contributed by atoms with E-state index in [9.17, 15) is 4.79 Å². The van der Waals surface area contributed by atoms with E-state index in [0.29, 0.717) is 5.92 Å². The lowest BCUT2D eigenvalue weighted by molar-refractivity contribution is -0.113. The Kier molecular flexibility index (Phi) is 6.81. The maximum atomic E-state index is 12.4. The van der Waals surface area contributed by atoms with Crippen LogP contribution in [0.2, 0.25) is 0 Å². The maximum Gasteiger partial charge on any atom is 0.234 e. The molecule has 0 fully saturated rings. The lowest BCUT2D eigenvalue weighted by Crippen LogP contribution is -2.14. The lowest BCUT2D eigenvalue weighted by atomic mass is 10.0. The molecule has 1 aromatic carbocycles. The normalized spacial score (nSPS) is 11.0. The number of benzene rings is 1. The number of thioether (sulfide) groups is 1. The number of amides is 1. The monoisotopic (exact) mass is 395 g/mol. The molecule has 0 bridgehead atoms. The molecule has 0 atom stereocenters. The van der Waals surface area contributed by atoms with Crippen LogP contribution >= 0.6 is 11.8 Å². The van der Waals surface area contributed by atoms with Crippen molar-refractivity contribution in [1.82, 2.24) is 19.7 Å². The third kappa shape index (κ3) is 4.98. The highest BCUT2D eigenvalue weighted by molar-refractivity contribution is 7.99. The van der Waals surface area contributed by atoms with Crippen molar-refractivity contribution in [3.63, 3.8) is 0 Å². The molecule has 7 heteroatoms. The van der Waals surface area contributed by atoms with Gasteiger partial charge in [-0.05, 0) is 42.2 Å². The van der Waals surface area contributed by atoms with Crippen LogP contribution < -0.4 is 5.32 Å². The van der Waals surface area contributed by atoms with E-state index in [-0.39, 0.29) is 11.7 Å². The average Bonchev–Trinajstić information content (AvgIpc) is 3.10. The minimum Gasteiger partial charge on any atom is -0.325 e. The Morgan fingerprint density at radius 2 is 1.82 bits per heavy atom. The largest absolute Gasteiger partial charge is 0.325 e. The zero-order chi connectivity index (χ0) is 19.9. The number of carbonyl (C=O) groups excluding carboxylic acids is 1. The van der Waals surface area contributed by atoms with Crippen LogP contribution in [0.1, 0.15) is 38.7 Å². The summed E-state index contributed by atoms with van der Waals surface area (Å²) >= 11 is 1.40. The van der Waals surface area contributed by atoms with Crippen LogP contribution in [0, 0.1) is 0 Å². The summed E-state index contributed by atoms with van der Waals surface area (Å²) in [4.78, 5) is 16.4. The van der Waals surface area contributed by atoms with Crippen LogP contribution in [0.5, 0.6) is 0 Å². The summed E-state index contributed by atoms with van der Waals surface area (Å²) in [7, 11) is 0. The summed E-state index contributed by atoms with van der Waals surface area (Å²) in [6.07, 6.45) is 4.44. The molecule has 0 unspecified atom stereocenters. The molecular weight excluding hydrogens is 370 g/mol. The van der Waals surface area contributed by atoms with Gasteiger partial charge >= 0.3 is 0 Å². The molecule has 1 amide bonds. The quantitative estimate of drug-likeness (QED) is 0.564. The fourth-order valence-electron chi connectivity index (χ4n) is 2.81. The standard InChI is InChI=1S/C21H25N5OS/c1-4-13-26-20(17-9-11-22-12-10-17)24-25-21(26)28-14-19(27)23-18-7-5-16(6-8-18)15(2)3/h5-12,15H,4,13-14H2,1-3H3,(H,23,27). The second-order valence-corrected chi connectivity index (χ2v) is 7.75. The molecule has 146 valence electrons. The first-order chi connectivity index (χ1) is 13.6. The molecular formula is C21H25N5OS. The van der Waals surface area contributed by atoms with Crippen LogP contribution in [0.25, 0.3) is 11.4 Å². The molecule has 0 radical (unpaired) electrons. The highest BCUT2D eigenvalue weighted by Crippen LogP contribution is 2.24. The van der Waals surface area contributed by atoms with E-state index in [1.807, 2.05) is 36.4 Å². The number of rotatable bonds is 8. The van der Waals surface area contributed by atoms with Crippen LogP contribution in [-0.4, -0.2) is 31.4 Å². The van der Waals surface area contributed by atoms with E-state index in [1.54, 1.807) is 12.4 Å². The summed E-state index contributed by atoms with van der Waals surface area (Å²) in [6.45, 7) is 7.21. The van der Waals surface area contributed by atoms with E-state index in [1.165, 1.54) is 17.3 Å². The van der Waals surface area contributed by atoms with Gasteiger partial charge in [0, 0.05) is 30.2 Å². The molecule has 0 aliphatic heterocycles. The predicted octanol–water partition coefficient (Wildman–Crippen LogP) is 4.60. The Labute approximate surface area is 169 Å². The third-order valence-corrected chi connectivity index (χ3v) is 5.26. The Morgan fingerprint density at radius 1 is 1.11 bits per heavy atom. The number of pyridine rings is 1. The van der Waals surface area contributed by atoms with Gasteiger partial charge in [0.1, 0.15) is 0 Å². The van der Waals surface area contributed by atoms with Gasteiger partial charge in [-0.15, -0.1) is 10.2 Å². The minimum atomic E-state index is -0.0567. The Morgan fingerprint density at radius 3 is 2.46 bits per heavy atom. The minimum absolute atomic E-state index is 0.0567. The Bertz CT molecular complexity index is 906. The van der Waals surface area contributed by atoms with Crippen molar-refractivity contribution in [2.24, 2.45) is 0 Å². The smallest absolute Gasteiger partial charge is 0.234 e. The van der Waals surface area contributed by atoms with Gasteiger partial charge < -0.3 is 9.88 Å². The highest BCUT2D eigenvalue weighted by atomic mass is 32.2. The van der Waals surface area contributed by atoms with Crippen molar-refractivity contribution in [3.05, 3.63) is 54.4 Å². The number of hydrogen-bond acceptors (Lipinski definition) is 5. The van der Waals surface area contributed by atoms with Crippen molar-refractivity contribution in [3.8, 4) is 11.4 Å². The van der Waals surface area contributed by atoms with Gasteiger partial charge in [-0.1, -0.05) is 44.7 Å². The van der Waals surface area contributed by atoms with E-state index < -0.39 is 0 Å². The fraction of sp³-hybridized carbons (Fsp3) is 0.333. The molecule has 0 saturated heterocycles. The molecule has 3 aromatic rings. The summed E-state index contributed by atoms with van der Waals surface area (Å²) in [6, 6.07) is 11.8. The van der Waals surface area contributed by atoms with Crippen LogP contribution in [-0.2, 0) is 11.3 Å². The van der Waals surface area contributed by atoms with Crippen LogP contribution in [0.4, 0.5) is 5.69 Å². The molecule has 2 heterocycles. The number of carbonyl (C=O) groups is 1. The number of nitrogens with one attached hydrogen (secondary N) is 1. The van der Waals surface area contributed by atoms with Gasteiger partial charge in [-0.2, -0.15) is 0 Å². The van der Waals surface area contributed by atoms with E-state index in [0.717, 1.165) is 35.2 Å². The van der Waals surface area contributed by atoms with Gasteiger partial charge in [0.15, 0.2) is 11.0 Å². The predicted molar refractivity (Wildman–Crippen MR) is 113 cm³/mol. The van der Waals surface area contributed by atoms with Crippen LogP contribution in [0.15, 0.2) is 53.9 Å². The topological polar surface area (TPSA) is 72.7 Å². The van der Waals surface area contributed by atoms with Crippen molar-refractivity contribution < 1.29 is 4.79 Å². The van der Waals surface area contributed by atoms with E-state index in [2.05, 4.69) is 45.8 Å². The molecule has 6 nitrogen and oxygen atoms in total. The lowest BCUT2D eigenvalue weighted by Gasteiger charge is -2.10. The van der Waals surface area contributed by atoms with Gasteiger partial charge in [0.2, 0.25) is 5.91 Å². The third-order valence-electron chi connectivity index (χ3n) is 4.30. The van der Waals surface area contributed by atoms with Gasteiger partial charge in [-0.25, -0.2) is 0 Å². The Hall–Kier alpha value is -2.67. The van der Waals surface area contributed by atoms with E-state index in [4.69, 9.17) is 0 Å². The van der Waals surface area contributed by atoms with Crippen molar-refractivity contribution in [2.75, 3.05) is 11.1 Å². The summed E-state index contributed by atoms with van der Waals surface area (Å²) in [5.74, 6) is 1.50. The first-order valence-electron chi connectivity index (χ1n) is 9.44. The molecule has 0 aliphatic carbocycles. The second-order valence-electron chi connectivity index (χ2n) is 6.81. The zero-order valence-corrected chi connectivity index (χ0v) is 17.2. The van der Waals surface area contributed by atoms with Gasteiger partial charge in [-0.3, -0.25) is 9.78 Å². The van der Waals surface area contributed by atoms with Gasteiger partial charge in [0.05, 0.1) is 5.75 Å². The summed E-state index contributed by atoms with van der Waals surface area (Å²) in [5, 5.41) is 12.3. The highest BCUT2D eigenvalue weighted by Gasteiger charge is 2.15. The molecule has 0 saturated carbocycles. The Balaban J connectivity index is 1.65. The maximum absolute atomic E-state index is 12.4. The first kappa shape index (κ1) is 20.1. The molecule has 1 N–H and O–H groups in total. The van der Waals surface area contributed by atoms with Gasteiger partial charge in [0.25, 0.3) is 0 Å². The number of anilines is 1. The molecule has 0 spiro atoms. The van der Waals surface area contributed by atoms with Crippen molar-refractivity contribution in [2.45, 2.75) is 44.8 Å². The number of aromatic nitrogens is 4. The number of nitrogens with zero attached hydrogens (tertiary/aromatic N) is 4. The molecule has 28 heavy (non-hydrogen) atoms. The SMILES string of the molecule is CCCn1c(SCC(=O)Nc2ccc(C(C)C)cc2)nnc1-c1ccncc1. The van der Waals surface area contributed by atoms with Crippen molar-refractivity contribution >= 4 is 23.4 Å². The number of hydrogen-bond donors (Lipinski definition) is 1. The second kappa shape index (κ2) is 9.50. The van der Waals surface area contributed by atoms with E-state index >= 15 is 0 Å². The first-order valence-corrected chi connectivity index (χ1v) is 10.4.